The van der Waals surface area contributed by atoms with Crippen molar-refractivity contribution in [3.8, 4) is 11.3 Å². The van der Waals surface area contributed by atoms with Gasteiger partial charge in [-0.25, -0.2) is 4.98 Å². The highest BCUT2D eigenvalue weighted by atomic mass is 15.3. The summed E-state index contributed by atoms with van der Waals surface area (Å²) in [5, 5.41) is 4.25. The number of nitrogens with two attached hydrogens (primary N) is 1. The molecule has 0 radical (unpaired) electrons. The van der Waals surface area contributed by atoms with E-state index < -0.39 is 0 Å². The Hall–Kier alpha value is -1.78. The summed E-state index contributed by atoms with van der Waals surface area (Å²) < 4.78 is 3.84. The average molecular weight is 233 g/mol. The van der Waals surface area contributed by atoms with Crippen molar-refractivity contribution in [2.45, 2.75) is 33.2 Å². The molecule has 0 aliphatic heterocycles. The molecule has 0 aliphatic carbocycles. The number of hydrogen-bond acceptors (Lipinski definition) is 3. The van der Waals surface area contributed by atoms with Crippen LogP contribution in [0.2, 0.25) is 0 Å². The van der Waals surface area contributed by atoms with Gasteiger partial charge in [-0.15, -0.1) is 0 Å². The summed E-state index contributed by atoms with van der Waals surface area (Å²) in [7, 11) is 1.96. The number of nitrogens with zero attached hydrogens (tertiary/aromatic N) is 4. The number of imidazole rings is 1. The Kier molecular flexibility index (Phi) is 3.17. The van der Waals surface area contributed by atoms with Gasteiger partial charge in [-0.3, -0.25) is 4.68 Å². The fourth-order valence-corrected chi connectivity index (χ4v) is 1.88. The molecular weight excluding hydrogens is 214 g/mol. The van der Waals surface area contributed by atoms with Crippen LogP contribution in [0, 0.1) is 0 Å². The lowest BCUT2D eigenvalue weighted by molar-refractivity contribution is 0.660. The van der Waals surface area contributed by atoms with Gasteiger partial charge in [0.05, 0.1) is 6.20 Å². The minimum atomic E-state index is 0.712. The monoisotopic (exact) mass is 233 g/mol. The quantitative estimate of drug-likeness (QED) is 0.876. The number of aromatic nitrogens is 4. The van der Waals surface area contributed by atoms with Gasteiger partial charge in [0.25, 0.3) is 0 Å². The summed E-state index contributed by atoms with van der Waals surface area (Å²) in [6, 6.07) is 0. The summed E-state index contributed by atoms with van der Waals surface area (Å²) in [5.74, 6) is 1.74. The van der Waals surface area contributed by atoms with Crippen LogP contribution in [0.15, 0.2) is 12.4 Å². The van der Waals surface area contributed by atoms with Crippen molar-refractivity contribution in [1.82, 2.24) is 19.3 Å². The summed E-state index contributed by atoms with van der Waals surface area (Å²) in [4.78, 5) is 4.60. The Morgan fingerprint density at radius 3 is 2.71 bits per heavy atom. The zero-order valence-electron chi connectivity index (χ0n) is 10.6. The molecule has 0 aliphatic rings. The Morgan fingerprint density at radius 1 is 1.35 bits per heavy atom. The maximum atomic E-state index is 6.08. The number of aryl methyl sites for hydroxylation is 2. The van der Waals surface area contributed by atoms with Crippen molar-refractivity contribution < 1.29 is 0 Å². The fraction of sp³-hybridized carbons (Fsp3) is 0.500. The molecule has 0 spiro atoms. The van der Waals surface area contributed by atoms with Crippen LogP contribution in [0.4, 0.5) is 5.82 Å². The molecule has 0 bridgehead atoms. The van der Waals surface area contributed by atoms with Gasteiger partial charge < -0.3 is 10.3 Å². The standard InChI is InChI=1S/C12H19N5/c1-4-6-10-15-11(12(13)16(10)3)9-7-14-17(5-2)8-9/h7-8H,4-6,13H2,1-3H3. The number of nitrogen functional groups attached to an aromatic ring is 1. The van der Waals surface area contributed by atoms with Crippen LogP contribution in [0.5, 0.6) is 0 Å². The molecule has 0 saturated carbocycles. The first-order valence-electron chi connectivity index (χ1n) is 6.01. The van der Waals surface area contributed by atoms with Gasteiger partial charge in [0.2, 0.25) is 0 Å². The van der Waals surface area contributed by atoms with Crippen LogP contribution < -0.4 is 5.73 Å². The molecule has 17 heavy (non-hydrogen) atoms. The molecular formula is C12H19N5. The van der Waals surface area contributed by atoms with E-state index >= 15 is 0 Å². The van der Waals surface area contributed by atoms with E-state index in [1.807, 2.05) is 28.7 Å². The van der Waals surface area contributed by atoms with Crippen molar-refractivity contribution in [2.24, 2.45) is 7.05 Å². The van der Waals surface area contributed by atoms with E-state index in [0.717, 1.165) is 36.5 Å². The number of anilines is 1. The lowest BCUT2D eigenvalue weighted by atomic mass is 10.2. The highest BCUT2D eigenvalue weighted by Crippen LogP contribution is 2.25. The Morgan fingerprint density at radius 2 is 2.12 bits per heavy atom. The second kappa shape index (κ2) is 4.61. The molecule has 2 rings (SSSR count). The molecule has 0 amide bonds. The lowest BCUT2D eigenvalue weighted by Crippen LogP contribution is -2.01. The molecule has 5 nitrogen and oxygen atoms in total. The van der Waals surface area contributed by atoms with Crippen LogP contribution in [-0.4, -0.2) is 19.3 Å². The van der Waals surface area contributed by atoms with Crippen molar-refractivity contribution in [3.63, 3.8) is 0 Å². The lowest BCUT2D eigenvalue weighted by Gasteiger charge is -1.99. The molecule has 92 valence electrons. The molecule has 2 aromatic rings. The molecule has 0 aromatic carbocycles. The number of rotatable bonds is 4. The first kappa shape index (κ1) is 11.7. The van der Waals surface area contributed by atoms with Gasteiger partial charge in [-0.05, 0) is 13.3 Å². The summed E-state index contributed by atoms with van der Waals surface area (Å²) in [6.45, 7) is 5.05. The zero-order valence-corrected chi connectivity index (χ0v) is 10.6. The largest absolute Gasteiger partial charge is 0.383 e. The smallest absolute Gasteiger partial charge is 0.131 e. The second-order valence-electron chi connectivity index (χ2n) is 4.16. The van der Waals surface area contributed by atoms with E-state index in [1.165, 1.54) is 0 Å². The third-order valence-corrected chi connectivity index (χ3v) is 2.94. The molecule has 5 heteroatoms. The highest BCUT2D eigenvalue weighted by Gasteiger charge is 2.14. The number of hydrogen-bond donors (Lipinski definition) is 1. The molecule has 0 atom stereocenters. The summed E-state index contributed by atoms with van der Waals surface area (Å²) in [6.07, 6.45) is 5.81. The SMILES string of the molecule is CCCc1nc(-c2cnn(CC)c2)c(N)n1C. The van der Waals surface area contributed by atoms with Crippen LogP contribution in [-0.2, 0) is 20.0 Å². The van der Waals surface area contributed by atoms with Crippen molar-refractivity contribution >= 4 is 5.82 Å². The zero-order chi connectivity index (χ0) is 12.4. The maximum absolute atomic E-state index is 6.08. The van der Waals surface area contributed by atoms with Gasteiger partial charge >= 0.3 is 0 Å². The molecule has 0 saturated heterocycles. The van der Waals surface area contributed by atoms with Crippen molar-refractivity contribution in [2.75, 3.05) is 5.73 Å². The Bertz CT molecular complexity index is 509. The predicted molar refractivity (Wildman–Crippen MR) is 68.5 cm³/mol. The molecule has 0 unspecified atom stereocenters. The van der Waals surface area contributed by atoms with E-state index in [0.29, 0.717) is 5.82 Å². The van der Waals surface area contributed by atoms with Gasteiger partial charge in [0.1, 0.15) is 17.3 Å². The Balaban J connectivity index is 2.41. The third kappa shape index (κ3) is 2.05. The summed E-state index contributed by atoms with van der Waals surface area (Å²) in [5.41, 5.74) is 7.91. The minimum absolute atomic E-state index is 0.712. The fourth-order valence-electron chi connectivity index (χ4n) is 1.88. The van der Waals surface area contributed by atoms with E-state index in [1.54, 1.807) is 0 Å². The Labute approximate surface area is 101 Å². The molecule has 2 heterocycles. The minimum Gasteiger partial charge on any atom is -0.383 e. The topological polar surface area (TPSA) is 61.7 Å². The first-order chi connectivity index (χ1) is 8.17. The van der Waals surface area contributed by atoms with Gasteiger partial charge in [-0.2, -0.15) is 5.10 Å². The third-order valence-electron chi connectivity index (χ3n) is 2.94. The van der Waals surface area contributed by atoms with Crippen LogP contribution >= 0.6 is 0 Å². The summed E-state index contributed by atoms with van der Waals surface area (Å²) >= 11 is 0. The van der Waals surface area contributed by atoms with Crippen LogP contribution in [0.1, 0.15) is 26.1 Å². The molecule has 0 fully saturated rings. The van der Waals surface area contributed by atoms with E-state index in [2.05, 4.69) is 23.9 Å². The van der Waals surface area contributed by atoms with E-state index in [-0.39, 0.29) is 0 Å². The van der Waals surface area contributed by atoms with Gasteiger partial charge in [0.15, 0.2) is 0 Å². The van der Waals surface area contributed by atoms with Gasteiger partial charge in [-0.1, -0.05) is 6.92 Å². The molecule has 2 N–H and O–H groups in total. The first-order valence-corrected chi connectivity index (χ1v) is 6.01. The van der Waals surface area contributed by atoms with Crippen LogP contribution in [0.3, 0.4) is 0 Å². The highest BCUT2D eigenvalue weighted by molar-refractivity contribution is 5.69. The normalized spacial score (nSPS) is 11.0. The van der Waals surface area contributed by atoms with Crippen LogP contribution in [0.25, 0.3) is 11.3 Å². The van der Waals surface area contributed by atoms with Crippen molar-refractivity contribution in [1.29, 1.82) is 0 Å². The van der Waals surface area contributed by atoms with Crippen molar-refractivity contribution in [3.05, 3.63) is 18.2 Å². The second-order valence-corrected chi connectivity index (χ2v) is 4.16. The maximum Gasteiger partial charge on any atom is 0.131 e. The van der Waals surface area contributed by atoms with E-state index in [9.17, 15) is 0 Å². The predicted octanol–water partition coefficient (Wildman–Crippen LogP) is 1.84. The van der Waals surface area contributed by atoms with E-state index in [4.69, 9.17) is 5.73 Å². The van der Waals surface area contributed by atoms with Gasteiger partial charge in [0, 0.05) is 31.8 Å². The average Bonchev–Trinajstić information content (AvgIpc) is 2.89. The molecule has 2 aromatic heterocycles.